The van der Waals surface area contributed by atoms with E-state index in [1.165, 1.54) is 25.3 Å². The third kappa shape index (κ3) is 5.68. The van der Waals surface area contributed by atoms with E-state index >= 15 is 0 Å². The van der Waals surface area contributed by atoms with Gasteiger partial charge in [0, 0.05) is 0 Å². The highest BCUT2D eigenvalue weighted by Crippen LogP contribution is 2.35. The van der Waals surface area contributed by atoms with Crippen molar-refractivity contribution in [3.63, 3.8) is 0 Å². The van der Waals surface area contributed by atoms with Gasteiger partial charge in [-0.3, -0.25) is 10.1 Å². The predicted molar refractivity (Wildman–Crippen MR) is 108 cm³/mol. The number of hydrogen-bond acceptors (Lipinski definition) is 5. The molecule has 2 rings (SSSR count). The van der Waals surface area contributed by atoms with Crippen molar-refractivity contribution in [2.24, 2.45) is 5.73 Å². The van der Waals surface area contributed by atoms with E-state index in [1.54, 1.807) is 30.3 Å². The Bertz CT molecular complexity index is 986. The fourth-order valence-corrected chi connectivity index (χ4v) is 3.02. The largest absolute Gasteiger partial charge is 0.493 e. The zero-order valence-electron chi connectivity index (χ0n) is 14.7. The van der Waals surface area contributed by atoms with E-state index in [1.807, 2.05) is 27.9 Å². The third-order valence-electron chi connectivity index (χ3n) is 3.44. The fraction of sp³-hybridized carbons (Fsp3) is 0.105. The molecule has 28 heavy (non-hydrogen) atoms. The van der Waals surface area contributed by atoms with Crippen LogP contribution in [0.2, 0.25) is 0 Å². The van der Waals surface area contributed by atoms with Gasteiger partial charge in [-0.2, -0.15) is 5.26 Å². The molecule has 0 aromatic heterocycles. The standard InChI is InChI=1S/C19H15FIN3O4/c1-27-16-8-12(5-13(9-22)18(25)24-19(23)26)7-15(21)17(16)28-10-11-3-2-4-14(20)6-11/h2-8H,10H2,1H3,(H3,23,24,25,26)/b13-5-. The number of nitrogens with two attached hydrogens (primary N) is 1. The van der Waals surface area contributed by atoms with Crippen LogP contribution in [0.1, 0.15) is 11.1 Å². The Balaban J connectivity index is 2.29. The molecule has 144 valence electrons. The molecule has 0 unspecified atom stereocenters. The van der Waals surface area contributed by atoms with Crippen LogP contribution < -0.4 is 20.5 Å². The van der Waals surface area contributed by atoms with Crippen LogP contribution in [-0.4, -0.2) is 19.0 Å². The molecule has 0 bridgehead atoms. The average Bonchev–Trinajstić information content (AvgIpc) is 2.64. The van der Waals surface area contributed by atoms with Gasteiger partial charge in [-0.25, -0.2) is 9.18 Å². The number of amides is 3. The minimum absolute atomic E-state index is 0.129. The highest BCUT2D eigenvalue weighted by atomic mass is 127. The molecule has 0 fully saturated rings. The first-order valence-corrected chi connectivity index (χ1v) is 8.89. The zero-order chi connectivity index (χ0) is 20.7. The van der Waals surface area contributed by atoms with Crippen molar-refractivity contribution < 1.29 is 23.5 Å². The maximum absolute atomic E-state index is 13.3. The van der Waals surface area contributed by atoms with E-state index in [0.29, 0.717) is 26.2 Å². The summed E-state index contributed by atoms with van der Waals surface area (Å²) < 4.78 is 25.0. The van der Waals surface area contributed by atoms with Crippen molar-refractivity contribution in [2.75, 3.05) is 7.11 Å². The van der Waals surface area contributed by atoms with Crippen LogP contribution >= 0.6 is 22.6 Å². The first-order valence-electron chi connectivity index (χ1n) is 7.81. The van der Waals surface area contributed by atoms with E-state index in [9.17, 15) is 14.0 Å². The zero-order valence-corrected chi connectivity index (χ0v) is 16.8. The number of carbonyl (C=O) groups excluding carboxylic acids is 2. The molecule has 3 amide bonds. The Morgan fingerprint density at radius 2 is 2.11 bits per heavy atom. The van der Waals surface area contributed by atoms with E-state index < -0.39 is 11.9 Å². The first-order chi connectivity index (χ1) is 13.3. The third-order valence-corrected chi connectivity index (χ3v) is 4.24. The smallest absolute Gasteiger partial charge is 0.319 e. The van der Waals surface area contributed by atoms with Crippen LogP contribution in [-0.2, 0) is 11.4 Å². The minimum atomic E-state index is -1.06. The number of hydrogen-bond donors (Lipinski definition) is 2. The molecule has 0 atom stereocenters. The van der Waals surface area contributed by atoms with Crippen molar-refractivity contribution in [1.82, 2.24) is 5.32 Å². The normalized spacial score (nSPS) is 10.7. The van der Waals surface area contributed by atoms with Gasteiger partial charge in [0.1, 0.15) is 24.1 Å². The summed E-state index contributed by atoms with van der Waals surface area (Å²) in [4.78, 5) is 22.6. The van der Waals surface area contributed by atoms with Gasteiger partial charge >= 0.3 is 6.03 Å². The molecule has 0 heterocycles. The van der Waals surface area contributed by atoms with Crippen molar-refractivity contribution in [3.8, 4) is 17.6 Å². The quantitative estimate of drug-likeness (QED) is 0.363. The monoisotopic (exact) mass is 495 g/mol. The number of urea groups is 1. The molecule has 0 saturated heterocycles. The number of nitrogens with zero attached hydrogens (tertiary/aromatic N) is 1. The fourth-order valence-electron chi connectivity index (χ4n) is 2.24. The van der Waals surface area contributed by atoms with Crippen molar-refractivity contribution in [2.45, 2.75) is 6.61 Å². The summed E-state index contributed by atoms with van der Waals surface area (Å²) in [6.45, 7) is 0.129. The maximum atomic E-state index is 13.3. The Kier molecular flexibility index (Phi) is 7.34. The molecule has 2 aromatic carbocycles. The lowest BCUT2D eigenvalue weighted by atomic mass is 10.1. The molecule has 3 N–H and O–H groups in total. The number of nitrogens with one attached hydrogen (secondary N) is 1. The number of methoxy groups -OCH3 is 1. The summed E-state index contributed by atoms with van der Waals surface area (Å²) in [5, 5.41) is 11.0. The molecule has 2 aromatic rings. The van der Waals surface area contributed by atoms with E-state index in [-0.39, 0.29) is 18.0 Å². The molecule has 0 aliphatic rings. The molecule has 0 saturated carbocycles. The van der Waals surface area contributed by atoms with Crippen LogP contribution in [0.3, 0.4) is 0 Å². The summed E-state index contributed by atoms with van der Waals surface area (Å²) in [6.07, 6.45) is 1.29. The number of imide groups is 1. The molecule has 0 aliphatic heterocycles. The number of rotatable bonds is 6. The summed E-state index contributed by atoms with van der Waals surface area (Å²) in [7, 11) is 1.44. The topological polar surface area (TPSA) is 114 Å². The number of ether oxygens (including phenoxy) is 2. The minimum Gasteiger partial charge on any atom is -0.493 e. The molecule has 9 heteroatoms. The van der Waals surface area contributed by atoms with Gasteiger partial charge in [-0.05, 0) is 64.1 Å². The summed E-state index contributed by atoms with van der Waals surface area (Å²) in [5.41, 5.74) is 5.72. The van der Waals surface area contributed by atoms with Crippen LogP contribution in [0.15, 0.2) is 42.0 Å². The number of carbonyl (C=O) groups is 2. The average molecular weight is 495 g/mol. The lowest BCUT2D eigenvalue weighted by molar-refractivity contribution is -0.115. The number of primary amides is 1. The van der Waals surface area contributed by atoms with E-state index in [4.69, 9.17) is 20.5 Å². The summed E-state index contributed by atoms with van der Waals surface area (Å²) in [6, 6.07) is 9.92. The van der Waals surface area contributed by atoms with Crippen molar-refractivity contribution in [3.05, 3.63) is 62.5 Å². The highest BCUT2D eigenvalue weighted by molar-refractivity contribution is 14.1. The lowest BCUT2D eigenvalue weighted by Crippen LogP contribution is -2.35. The summed E-state index contributed by atoms with van der Waals surface area (Å²) >= 11 is 2.01. The predicted octanol–water partition coefficient (Wildman–Crippen LogP) is 3.12. The van der Waals surface area contributed by atoms with Gasteiger partial charge in [-0.1, -0.05) is 12.1 Å². The number of nitriles is 1. The lowest BCUT2D eigenvalue weighted by Gasteiger charge is -2.14. The Hall–Kier alpha value is -3.13. The van der Waals surface area contributed by atoms with Crippen LogP contribution in [0.25, 0.3) is 6.08 Å². The molecular formula is C19H15FIN3O4. The first kappa shape index (κ1) is 21.2. The molecule has 0 aliphatic carbocycles. The highest BCUT2D eigenvalue weighted by Gasteiger charge is 2.15. The van der Waals surface area contributed by atoms with Crippen LogP contribution in [0, 0.1) is 20.7 Å². The van der Waals surface area contributed by atoms with Crippen LogP contribution in [0.4, 0.5) is 9.18 Å². The second-order valence-corrected chi connectivity index (χ2v) is 6.60. The maximum Gasteiger partial charge on any atom is 0.319 e. The van der Waals surface area contributed by atoms with E-state index in [0.717, 1.165) is 0 Å². The van der Waals surface area contributed by atoms with Crippen molar-refractivity contribution in [1.29, 1.82) is 5.26 Å². The number of halogens is 2. The Morgan fingerprint density at radius 1 is 1.36 bits per heavy atom. The van der Waals surface area contributed by atoms with Gasteiger partial charge in [0.2, 0.25) is 0 Å². The second kappa shape index (κ2) is 9.70. The molecule has 7 nitrogen and oxygen atoms in total. The number of benzene rings is 2. The van der Waals surface area contributed by atoms with Gasteiger partial charge in [0.05, 0.1) is 10.7 Å². The Labute approximate surface area is 174 Å². The van der Waals surface area contributed by atoms with Gasteiger partial charge in [0.15, 0.2) is 11.5 Å². The van der Waals surface area contributed by atoms with E-state index in [2.05, 4.69) is 0 Å². The Morgan fingerprint density at radius 3 is 2.71 bits per heavy atom. The SMILES string of the molecule is COc1cc(/C=C(/C#N)C(=O)NC(N)=O)cc(I)c1OCc1cccc(F)c1. The van der Waals surface area contributed by atoms with Gasteiger partial charge < -0.3 is 15.2 Å². The summed E-state index contributed by atoms with van der Waals surface area (Å²) in [5.74, 6) is -0.469. The van der Waals surface area contributed by atoms with Crippen molar-refractivity contribution >= 4 is 40.6 Å². The molecule has 0 radical (unpaired) electrons. The van der Waals surface area contributed by atoms with Gasteiger partial charge in [0.25, 0.3) is 5.91 Å². The molecule has 0 spiro atoms. The second-order valence-electron chi connectivity index (χ2n) is 5.44. The van der Waals surface area contributed by atoms with Crippen LogP contribution in [0.5, 0.6) is 11.5 Å². The van der Waals surface area contributed by atoms with Gasteiger partial charge in [-0.15, -0.1) is 0 Å². The molecular weight excluding hydrogens is 480 g/mol.